The first-order chi connectivity index (χ1) is 14.7. The minimum absolute atomic E-state index is 0.222. The molecule has 7 heteroatoms. The molecule has 160 valence electrons. The van der Waals surface area contributed by atoms with Gasteiger partial charge in [0, 0.05) is 37.6 Å². The predicted molar refractivity (Wildman–Crippen MR) is 113 cm³/mol. The van der Waals surface area contributed by atoms with Crippen LogP contribution in [-0.4, -0.2) is 28.2 Å². The summed E-state index contributed by atoms with van der Waals surface area (Å²) in [5.41, 5.74) is 1.92. The van der Waals surface area contributed by atoms with Gasteiger partial charge < -0.3 is 20.1 Å². The summed E-state index contributed by atoms with van der Waals surface area (Å²) in [7, 11) is 0. The highest BCUT2D eigenvalue weighted by molar-refractivity contribution is 5.73. The minimum atomic E-state index is -0.222. The number of hydrogen-bond acceptors (Lipinski definition) is 5. The molecule has 2 aliphatic carbocycles. The van der Waals surface area contributed by atoms with E-state index in [4.69, 9.17) is 9.47 Å². The Balaban J connectivity index is 1.21. The molecule has 0 bridgehead atoms. The number of hydrogen-bond donors (Lipinski definition) is 2. The summed E-state index contributed by atoms with van der Waals surface area (Å²) in [6, 6.07) is 7.34. The van der Waals surface area contributed by atoms with Gasteiger partial charge >= 0.3 is 6.03 Å². The summed E-state index contributed by atoms with van der Waals surface area (Å²) in [5, 5.41) is 5.77. The first-order valence-electron chi connectivity index (χ1n) is 11.0. The zero-order chi connectivity index (χ0) is 20.6. The summed E-state index contributed by atoms with van der Waals surface area (Å²) >= 11 is 0. The van der Waals surface area contributed by atoms with Gasteiger partial charge in [-0.1, -0.05) is 0 Å². The highest BCUT2D eigenvalue weighted by atomic mass is 16.5. The summed E-state index contributed by atoms with van der Waals surface area (Å²) in [4.78, 5) is 20.8. The van der Waals surface area contributed by atoms with Crippen molar-refractivity contribution in [3.05, 3.63) is 47.8 Å². The number of amides is 2. The highest BCUT2D eigenvalue weighted by Gasteiger charge is 2.18. The molecule has 0 saturated heterocycles. The Labute approximate surface area is 177 Å². The SMILES string of the molecule is O=C(NCc1ccnc(OC2CCCC2)c1)NCc1ccnc(OC2CCCC2)c1. The number of rotatable bonds is 8. The van der Waals surface area contributed by atoms with Crippen molar-refractivity contribution >= 4 is 6.03 Å². The smallest absolute Gasteiger partial charge is 0.315 e. The molecule has 0 radical (unpaired) electrons. The number of nitrogens with zero attached hydrogens (tertiary/aromatic N) is 2. The Morgan fingerprint density at radius 2 is 1.23 bits per heavy atom. The Kier molecular flexibility index (Phi) is 7.00. The Hall–Kier alpha value is -2.83. The fourth-order valence-corrected chi connectivity index (χ4v) is 4.03. The number of ether oxygens (including phenoxy) is 2. The second kappa shape index (κ2) is 10.3. The lowest BCUT2D eigenvalue weighted by Gasteiger charge is -2.14. The molecule has 2 N–H and O–H groups in total. The van der Waals surface area contributed by atoms with E-state index in [1.165, 1.54) is 25.7 Å². The summed E-state index contributed by atoms with van der Waals surface area (Å²) in [6.45, 7) is 0.837. The fourth-order valence-electron chi connectivity index (χ4n) is 4.03. The van der Waals surface area contributed by atoms with Gasteiger partial charge in [-0.25, -0.2) is 14.8 Å². The molecule has 0 atom stereocenters. The topological polar surface area (TPSA) is 85.4 Å². The van der Waals surface area contributed by atoms with Crippen molar-refractivity contribution < 1.29 is 14.3 Å². The molecule has 30 heavy (non-hydrogen) atoms. The van der Waals surface area contributed by atoms with E-state index in [1.54, 1.807) is 12.4 Å². The Morgan fingerprint density at radius 3 is 1.67 bits per heavy atom. The van der Waals surface area contributed by atoms with Crippen LogP contribution >= 0.6 is 0 Å². The average molecular weight is 411 g/mol. The molecule has 0 unspecified atom stereocenters. The van der Waals surface area contributed by atoms with Gasteiger partial charge in [0.05, 0.1) is 0 Å². The van der Waals surface area contributed by atoms with E-state index in [1.807, 2.05) is 24.3 Å². The van der Waals surface area contributed by atoms with Crippen LogP contribution in [0.25, 0.3) is 0 Å². The second-order valence-corrected chi connectivity index (χ2v) is 8.09. The Bertz CT molecular complexity index is 765. The zero-order valence-corrected chi connectivity index (χ0v) is 17.3. The molecular formula is C23H30N4O3. The van der Waals surface area contributed by atoms with Crippen molar-refractivity contribution in [1.82, 2.24) is 20.6 Å². The molecule has 0 aliphatic heterocycles. The Morgan fingerprint density at radius 1 is 0.800 bits per heavy atom. The van der Waals surface area contributed by atoms with Gasteiger partial charge in [0.25, 0.3) is 0 Å². The van der Waals surface area contributed by atoms with Crippen molar-refractivity contribution in [3.63, 3.8) is 0 Å². The monoisotopic (exact) mass is 410 g/mol. The molecule has 0 aromatic carbocycles. The maximum absolute atomic E-state index is 12.2. The third kappa shape index (κ3) is 6.08. The average Bonchev–Trinajstić information content (AvgIpc) is 3.46. The standard InChI is InChI=1S/C23H30N4O3/c28-23(26-15-17-9-11-24-21(13-17)29-19-5-1-2-6-19)27-16-18-10-12-25-22(14-18)30-20-7-3-4-8-20/h9-14,19-20H,1-8,15-16H2,(H2,26,27,28). The third-order valence-electron chi connectivity index (χ3n) is 5.68. The maximum Gasteiger partial charge on any atom is 0.315 e. The lowest BCUT2D eigenvalue weighted by Crippen LogP contribution is -2.34. The number of urea groups is 1. The summed E-state index contributed by atoms with van der Waals surface area (Å²) in [6.07, 6.45) is 13.2. The van der Waals surface area contributed by atoms with Gasteiger partial charge in [-0.05, 0) is 74.6 Å². The zero-order valence-electron chi connectivity index (χ0n) is 17.3. The number of carbonyl (C=O) groups is 1. The van der Waals surface area contributed by atoms with Crippen molar-refractivity contribution in [3.8, 4) is 11.8 Å². The molecule has 4 rings (SSSR count). The lowest BCUT2D eigenvalue weighted by atomic mass is 10.2. The van der Waals surface area contributed by atoms with Gasteiger partial charge in [-0.2, -0.15) is 0 Å². The van der Waals surface area contributed by atoms with Crippen LogP contribution in [-0.2, 0) is 13.1 Å². The molecule has 2 amide bonds. The van der Waals surface area contributed by atoms with Gasteiger partial charge in [-0.15, -0.1) is 0 Å². The van der Waals surface area contributed by atoms with Crippen LogP contribution in [0.1, 0.15) is 62.5 Å². The summed E-state index contributed by atoms with van der Waals surface area (Å²) in [5.74, 6) is 1.27. The number of pyridine rings is 2. The number of carbonyl (C=O) groups excluding carboxylic acids is 1. The van der Waals surface area contributed by atoms with E-state index in [0.717, 1.165) is 36.8 Å². The van der Waals surface area contributed by atoms with E-state index >= 15 is 0 Å². The van der Waals surface area contributed by atoms with Crippen LogP contribution in [0.5, 0.6) is 11.8 Å². The van der Waals surface area contributed by atoms with Crippen molar-refractivity contribution in [2.45, 2.75) is 76.7 Å². The first kappa shape index (κ1) is 20.4. The minimum Gasteiger partial charge on any atom is -0.474 e. The highest BCUT2D eigenvalue weighted by Crippen LogP contribution is 2.24. The van der Waals surface area contributed by atoms with Gasteiger partial charge in [0.2, 0.25) is 11.8 Å². The maximum atomic E-state index is 12.2. The van der Waals surface area contributed by atoms with Crippen LogP contribution < -0.4 is 20.1 Å². The van der Waals surface area contributed by atoms with Crippen LogP contribution in [0.4, 0.5) is 4.79 Å². The fraction of sp³-hybridized carbons (Fsp3) is 0.522. The third-order valence-corrected chi connectivity index (χ3v) is 5.68. The van der Waals surface area contributed by atoms with Crippen LogP contribution in [0, 0.1) is 0 Å². The van der Waals surface area contributed by atoms with Crippen LogP contribution in [0.2, 0.25) is 0 Å². The van der Waals surface area contributed by atoms with Crippen molar-refractivity contribution in [2.24, 2.45) is 0 Å². The van der Waals surface area contributed by atoms with Gasteiger partial charge in [0.15, 0.2) is 0 Å². The normalized spacial score (nSPS) is 17.1. The van der Waals surface area contributed by atoms with E-state index in [0.29, 0.717) is 24.8 Å². The number of nitrogens with one attached hydrogen (secondary N) is 2. The molecule has 2 aliphatic rings. The molecule has 2 saturated carbocycles. The van der Waals surface area contributed by atoms with Crippen LogP contribution in [0.15, 0.2) is 36.7 Å². The molecule has 0 spiro atoms. The van der Waals surface area contributed by atoms with E-state index < -0.39 is 0 Å². The quantitative estimate of drug-likeness (QED) is 0.684. The van der Waals surface area contributed by atoms with Crippen molar-refractivity contribution in [1.29, 1.82) is 0 Å². The van der Waals surface area contributed by atoms with Gasteiger partial charge in [0.1, 0.15) is 12.2 Å². The molecule has 7 nitrogen and oxygen atoms in total. The molecule has 2 fully saturated rings. The van der Waals surface area contributed by atoms with E-state index in [-0.39, 0.29) is 18.2 Å². The van der Waals surface area contributed by atoms with E-state index in [2.05, 4.69) is 20.6 Å². The number of aromatic nitrogens is 2. The van der Waals surface area contributed by atoms with Crippen LogP contribution in [0.3, 0.4) is 0 Å². The molecule has 2 aromatic heterocycles. The van der Waals surface area contributed by atoms with Crippen molar-refractivity contribution in [2.75, 3.05) is 0 Å². The van der Waals surface area contributed by atoms with Gasteiger partial charge in [-0.3, -0.25) is 0 Å². The lowest BCUT2D eigenvalue weighted by molar-refractivity contribution is 0.201. The molecule has 2 heterocycles. The van der Waals surface area contributed by atoms with E-state index in [9.17, 15) is 4.79 Å². The largest absolute Gasteiger partial charge is 0.474 e. The molecule has 2 aromatic rings. The molecular weight excluding hydrogens is 380 g/mol. The second-order valence-electron chi connectivity index (χ2n) is 8.09. The first-order valence-corrected chi connectivity index (χ1v) is 11.0. The predicted octanol–water partition coefficient (Wildman–Crippen LogP) is 4.12. The summed E-state index contributed by atoms with van der Waals surface area (Å²) < 4.78 is 11.9.